The minimum atomic E-state index is -3.67. The molecule has 0 bridgehead atoms. The number of aryl methyl sites for hydroxylation is 1. The molecule has 13 nitrogen and oxygen atoms in total. The second-order valence-electron chi connectivity index (χ2n) is 11.6. The van der Waals surface area contributed by atoms with E-state index in [9.17, 15) is 22.0 Å². The van der Waals surface area contributed by atoms with Crippen LogP contribution in [-0.2, 0) is 22.0 Å². The average Bonchev–Trinajstić information content (AvgIpc) is 3.30. The largest absolute Gasteiger partial charge is 0.473 e. The normalized spacial score (nSPS) is 11.3. The molecule has 3 N–H and O–H groups in total. The average molecular weight is 689 g/mol. The number of hydrogen-bond acceptors (Lipinski definition) is 10. The molecule has 0 saturated carbocycles. The number of ether oxygens (including phenoxy) is 1. The number of amides is 1. The smallest absolute Gasteiger partial charge is 0.261 e. The summed E-state index contributed by atoms with van der Waals surface area (Å²) in [4.78, 5) is 30.3. The van der Waals surface area contributed by atoms with Crippen LogP contribution in [0.3, 0.4) is 0 Å². The summed E-state index contributed by atoms with van der Waals surface area (Å²) < 4.78 is 61.7. The van der Waals surface area contributed by atoms with E-state index in [2.05, 4.69) is 32.1 Å². The van der Waals surface area contributed by atoms with E-state index in [0.29, 0.717) is 58.0 Å². The topological polar surface area (TPSA) is 155 Å². The molecule has 4 rings (SSSR count). The van der Waals surface area contributed by atoms with Gasteiger partial charge in [0.2, 0.25) is 17.7 Å². The van der Waals surface area contributed by atoms with E-state index < -0.39 is 21.8 Å². The molecule has 16 heteroatoms. The monoisotopic (exact) mass is 688 g/mol. The van der Waals surface area contributed by atoms with Crippen LogP contribution in [0.25, 0.3) is 22.2 Å². The van der Waals surface area contributed by atoms with Crippen molar-refractivity contribution in [3.05, 3.63) is 60.9 Å². The highest BCUT2D eigenvalue weighted by Crippen LogP contribution is 2.36. The predicted molar refractivity (Wildman–Crippen MR) is 185 cm³/mol. The van der Waals surface area contributed by atoms with Crippen molar-refractivity contribution in [3.8, 4) is 17.1 Å². The molecule has 48 heavy (non-hydrogen) atoms. The molecule has 0 atom stereocenters. The van der Waals surface area contributed by atoms with Gasteiger partial charge in [0.25, 0.3) is 10.1 Å². The third-order valence-corrected chi connectivity index (χ3v) is 6.68. The Labute approximate surface area is 279 Å². The number of hydrogen-bond donors (Lipinski definition) is 3. The molecule has 0 fully saturated rings. The molecule has 0 aliphatic rings. The van der Waals surface area contributed by atoms with Crippen LogP contribution < -0.4 is 20.3 Å². The first kappa shape index (κ1) is 37.8. The molecule has 0 aliphatic heterocycles. The van der Waals surface area contributed by atoms with Crippen LogP contribution in [0, 0.1) is 11.6 Å². The molecule has 3 heterocycles. The van der Waals surface area contributed by atoms with Crippen molar-refractivity contribution < 1.29 is 31.3 Å². The first-order valence-corrected chi connectivity index (χ1v) is 16.8. The lowest BCUT2D eigenvalue weighted by atomic mass is 10.1. The van der Waals surface area contributed by atoms with Gasteiger partial charge >= 0.3 is 0 Å². The first-order chi connectivity index (χ1) is 22.5. The molecule has 260 valence electrons. The minimum absolute atomic E-state index is 0.196. The fourth-order valence-corrected chi connectivity index (χ4v) is 4.61. The Morgan fingerprint density at radius 3 is 2.38 bits per heavy atom. The number of aromatic nitrogens is 4. The van der Waals surface area contributed by atoms with Crippen LogP contribution in [0.5, 0.6) is 5.88 Å². The summed E-state index contributed by atoms with van der Waals surface area (Å²) in [6.45, 7) is 9.04. The summed E-state index contributed by atoms with van der Waals surface area (Å²) in [5, 5.41) is 6.54. The molecule has 0 unspecified atom stereocenters. The summed E-state index contributed by atoms with van der Waals surface area (Å²) in [5.41, 5.74) is 2.54. The zero-order valence-electron chi connectivity index (χ0n) is 28.1. The van der Waals surface area contributed by atoms with Gasteiger partial charge in [-0.25, -0.2) is 18.7 Å². The molecular weight excluding hydrogens is 646 g/mol. The number of halogens is 2. The molecular formula is C32H42F2N8O5S. The Kier molecular flexibility index (Phi) is 12.9. The second kappa shape index (κ2) is 16.4. The maximum Gasteiger partial charge on any atom is 0.261 e. The van der Waals surface area contributed by atoms with Gasteiger partial charge in [-0.1, -0.05) is 6.58 Å². The maximum atomic E-state index is 14.1. The van der Waals surface area contributed by atoms with E-state index in [1.807, 2.05) is 39.9 Å². The van der Waals surface area contributed by atoms with Crippen molar-refractivity contribution in [1.29, 1.82) is 0 Å². The molecule has 1 amide bonds. The minimum Gasteiger partial charge on any atom is -0.473 e. The Bertz CT molecular complexity index is 1860. The number of fused-ring (bicyclic) bond motifs is 1. The van der Waals surface area contributed by atoms with Crippen LogP contribution in [0.2, 0.25) is 0 Å². The lowest BCUT2D eigenvalue weighted by Gasteiger charge is -2.24. The zero-order valence-corrected chi connectivity index (χ0v) is 28.9. The van der Waals surface area contributed by atoms with Gasteiger partial charge in [-0.15, -0.1) is 0 Å². The van der Waals surface area contributed by atoms with Crippen molar-refractivity contribution in [2.75, 3.05) is 56.0 Å². The van der Waals surface area contributed by atoms with Crippen LogP contribution in [0.1, 0.15) is 26.7 Å². The highest BCUT2D eigenvalue weighted by atomic mass is 32.2. The summed E-state index contributed by atoms with van der Waals surface area (Å²) in [7, 11) is 4.08. The van der Waals surface area contributed by atoms with Gasteiger partial charge in [0.1, 0.15) is 5.69 Å². The van der Waals surface area contributed by atoms with E-state index in [1.165, 1.54) is 6.08 Å². The van der Waals surface area contributed by atoms with Crippen molar-refractivity contribution in [2.24, 2.45) is 7.05 Å². The maximum absolute atomic E-state index is 14.1. The van der Waals surface area contributed by atoms with E-state index >= 15 is 0 Å². The first-order valence-electron chi connectivity index (χ1n) is 14.9. The lowest BCUT2D eigenvalue weighted by Crippen LogP contribution is -2.24. The van der Waals surface area contributed by atoms with Gasteiger partial charge in [0, 0.05) is 50.0 Å². The summed E-state index contributed by atoms with van der Waals surface area (Å²) >= 11 is 0. The van der Waals surface area contributed by atoms with Crippen LogP contribution in [0.4, 0.5) is 31.9 Å². The van der Waals surface area contributed by atoms with Gasteiger partial charge in [0.15, 0.2) is 17.5 Å². The second-order valence-corrected chi connectivity index (χ2v) is 13.0. The molecule has 0 radical (unpaired) electrons. The molecule has 1 aromatic carbocycles. The van der Waals surface area contributed by atoms with Crippen molar-refractivity contribution in [3.63, 3.8) is 0 Å². The van der Waals surface area contributed by atoms with Gasteiger partial charge in [-0.2, -0.15) is 13.4 Å². The third kappa shape index (κ3) is 11.0. The molecule has 0 saturated heterocycles. The standard InChI is InChI=1S/C31H38F2N8O2.CH4O3S/c1-8-28(42)35-25-17-26(30(43-19(2)3)38-29(25)40(6)14-10-9-13-39(4)5)37-31-34-12-11-24(36-31)21-18-41(7)27-16-23(33)22(32)15-20(21)27;1-5(2,3)4/h8,11-12,15-19H,1,9-10,13-14H2,2-7H3,(H,35,42)(H,34,36,37);1H3,(H,2,3,4). The summed E-state index contributed by atoms with van der Waals surface area (Å²) in [6, 6.07) is 5.74. The lowest BCUT2D eigenvalue weighted by molar-refractivity contribution is -0.111. The Hall–Kier alpha value is -4.67. The van der Waals surface area contributed by atoms with Crippen molar-refractivity contribution in [2.45, 2.75) is 32.8 Å². The van der Waals surface area contributed by atoms with E-state index in [1.54, 1.807) is 36.1 Å². The number of anilines is 4. The Balaban J connectivity index is 0.00000116. The van der Waals surface area contributed by atoms with Crippen LogP contribution in [0.15, 0.2) is 49.3 Å². The number of rotatable bonds is 13. The molecule has 0 aliphatic carbocycles. The number of benzene rings is 1. The number of nitrogens with zero attached hydrogens (tertiary/aromatic N) is 6. The molecule has 0 spiro atoms. The van der Waals surface area contributed by atoms with Gasteiger partial charge in [-0.05, 0) is 71.6 Å². The number of unbranched alkanes of at least 4 members (excludes halogenated alkanes) is 1. The van der Waals surface area contributed by atoms with Crippen molar-refractivity contribution in [1.82, 2.24) is 24.4 Å². The number of pyridine rings is 1. The Morgan fingerprint density at radius 2 is 1.75 bits per heavy atom. The SMILES string of the molecule is C=CC(=O)Nc1cc(Nc2nccc(-c3cn(C)c4cc(F)c(F)cc34)n2)c(OC(C)C)nc1N(C)CCCCN(C)C.CS(=O)(=O)O. The molecule has 3 aromatic heterocycles. The fraction of sp³-hybridized carbons (Fsp3) is 0.375. The molecule has 4 aromatic rings. The van der Waals surface area contributed by atoms with Gasteiger partial charge < -0.3 is 29.7 Å². The predicted octanol–water partition coefficient (Wildman–Crippen LogP) is 5.25. The third-order valence-electron chi connectivity index (χ3n) is 6.68. The summed E-state index contributed by atoms with van der Waals surface area (Å²) in [6.07, 6.45) is 6.97. The highest BCUT2D eigenvalue weighted by molar-refractivity contribution is 7.85. The van der Waals surface area contributed by atoms with E-state index in [-0.39, 0.29) is 18.0 Å². The highest BCUT2D eigenvalue weighted by Gasteiger charge is 2.20. The van der Waals surface area contributed by atoms with E-state index in [0.717, 1.165) is 31.5 Å². The van der Waals surface area contributed by atoms with Crippen LogP contribution in [-0.4, -0.2) is 89.9 Å². The zero-order chi connectivity index (χ0) is 35.8. The fourth-order valence-electron chi connectivity index (χ4n) is 4.61. The van der Waals surface area contributed by atoms with E-state index in [4.69, 9.17) is 14.3 Å². The quantitative estimate of drug-likeness (QED) is 0.0959. The number of nitrogens with one attached hydrogen (secondary N) is 2. The van der Waals surface area contributed by atoms with Gasteiger partial charge in [-0.3, -0.25) is 9.35 Å². The van der Waals surface area contributed by atoms with Gasteiger partial charge in [0.05, 0.1) is 29.3 Å². The van der Waals surface area contributed by atoms with Crippen molar-refractivity contribution >= 4 is 50.1 Å². The van der Waals surface area contributed by atoms with Crippen LogP contribution >= 0.6 is 0 Å². The number of carbonyl (C=O) groups excluding carboxylic acids is 1. The Morgan fingerprint density at radius 1 is 1.10 bits per heavy atom. The summed E-state index contributed by atoms with van der Waals surface area (Å²) in [5.74, 6) is -1.17. The number of carbonyl (C=O) groups is 1.